The van der Waals surface area contributed by atoms with Crippen molar-refractivity contribution in [2.45, 2.75) is 37.8 Å². The smallest absolute Gasteiger partial charge is 0.252 e. The van der Waals surface area contributed by atoms with E-state index < -0.39 is 6.10 Å². The third-order valence-corrected chi connectivity index (χ3v) is 4.17. The van der Waals surface area contributed by atoms with Gasteiger partial charge in [-0.2, -0.15) is 0 Å². The van der Waals surface area contributed by atoms with E-state index in [2.05, 4.69) is 5.32 Å². The van der Waals surface area contributed by atoms with Crippen molar-refractivity contribution >= 4 is 17.5 Å². The summed E-state index contributed by atoms with van der Waals surface area (Å²) >= 11 is 0. The molecule has 0 bridgehead atoms. The number of anilines is 1. The molecule has 2 aliphatic heterocycles. The highest BCUT2D eigenvalue weighted by molar-refractivity contribution is 5.95. The van der Waals surface area contributed by atoms with E-state index in [1.54, 1.807) is 0 Å². The lowest BCUT2D eigenvalue weighted by molar-refractivity contribution is -0.163. The summed E-state index contributed by atoms with van der Waals surface area (Å²) in [6, 6.07) is 5.68. The molecule has 5 nitrogen and oxygen atoms in total. The Hall–Kier alpha value is -1.95. The minimum atomic E-state index is -0.713. The standard InChI is InChI=1S/C16H19FN2O3/c17-11-4-6-12(7-5-11)18-15(20)9-14-16(21)19-8-2-1-3-13(19)10-22-14/h4-7,13-14H,1-3,8-10H2,(H,18,20)/t13-,14-/m0/s1. The van der Waals surface area contributed by atoms with Crippen molar-refractivity contribution in [3.63, 3.8) is 0 Å². The topological polar surface area (TPSA) is 58.6 Å². The number of benzene rings is 1. The molecule has 1 aromatic carbocycles. The predicted molar refractivity (Wildman–Crippen MR) is 78.7 cm³/mol. The van der Waals surface area contributed by atoms with Crippen LogP contribution in [0.15, 0.2) is 24.3 Å². The molecule has 2 atom stereocenters. The SMILES string of the molecule is O=C(C[C@@H]1OC[C@@H]2CCCCN2C1=O)Nc1ccc(F)cc1. The van der Waals surface area contributed by atoms with Gasteiger partial charge >= 0.3 is 0 Å². The molecule has 0 saturated carbocycles. The van der Waals surface area contributed by atoms with Gasteiger partial charge in [0.15, 0.2) is 0 Å². The van der Waals surface area contributed by atoms with Crippen LogP contribution in [-0.4, -0.2) is 42.0 Å². The van der Waals surface area contributed by atoms with E-state index in [1.807, 2.05) is 4.90 Å². The summed E-state index contributed by atoms with van der Waals surface area (Å²) in [5.41, 5.74) is 0.505. The zero-order valence-corrected chi connectivity index (χ0v) is 12.3. The molecule has 1 aromatic rings. The normalized spacial score (nSPS) is 24.8. The number of nitrogens with one attached hydrogen (secondary N) is 1. The summed E-state index contributed by atoms with van der Waals surface area (Å²) in [5.74, 6) is -0.759. The van der Waals surface area contributed by atoms with Crippen molar-refractivity contribution in [1.82, 2.24) is 4.90 Å². The van der Waals surface area contributed by atoms with Crippen molar-refractivity contribution < 1.29 is 18.7 Å². The van der Waals surface area contributed by atoms with Gasteiger partial charge in [0.1, 0.15) is 11.9 Å². The van der Waals surface area contributed by atoms with E-state index in [9.17, 15) is 14.0 Å². The first-order valence-electron chi connectivity index (χ1n) is 7.61. The number of fused-ring (bicyclic) bond motifs is 1. The Bertz CT molecular complexity index is 561. The second-order valence-electron chi connectivity index (χ2n) is 5.76. The van der Waals surface area contributed by atoms with Gasteiger partial charge in [0.25, 0.3) is 5.91 Å². The van der Waals surface area contributed by atoms with E-state index in [4.69, 9.17) is 4.74 Å². The largest absolute Gasteiger partial charge is 0.366 e. The van der Waals surface area contributed by atoms with E-state index in [1.165, 1.54) is 24.3 Å². The predicted octanol–water partition coefficient (Wildman–Crippen LogP) is 1.93. The first kappa shape index (κ1) is 15.0. The number of rotatable bonds is 3. The van der Waals surface area contributed by atoms with E-state index >= 15 is 0 Å². The molecule has 6 heteroatoms. The highest BCUT2D eigenvalue weighted by Crippen LogP contribution is 2.24. The molecule has 1 N–H and O–H groups in total. The van der Waals surface area contributed by atoms with Crippen LogP contribution in [0.2, 0.25) is 0 Å². The zero-order chi connectivity index (χ0) is 15.5. The van der Waals surface area contributed by atoms with Crippen LogP contribution < -0.4 is 5.32 Å². The Morgan fingerprint density at radius 1 is 1.32 bits per heavy atom. The maximum Gasteiger partial charge on any atom is 0.252 e. The van der Waals surface area contributed by atoms with Crippen LogP contribution in [0.4, 0.5) is 10.1 Å². The molecular weight excluding hydrogens is 287 g/mol. The Labute approximate surface area is 128 Å². The second-order valence-corrected chi connectivity index (χ2v) is 5.76. The van der Waals surface area contributed by atoms with Crippen LogP contribution in [0.25, 0.3) is 0 Å². The highest BCUT2D eigenvalue weighted by Gasteiger charge is 2.38. The van der Waals surface area contributed by atoms with Crippen LogP contribution in [0.3, 0.4) is 0 Å². The highest BCUT2D eigenvalue weighted by atomic mass is 19.1. The summed E-state index contributed by atoms with van der Waals surface area (Å²) in [6.45, 7) is 1.25. The van der Waals surface area contributed by atoms with E-state index in [0.29, 0.717) is 12.3 Å². The quantitative estimate of drug-likeness (QED) is 0.928. The molecule has 118 valence electrons. The molecule has 2 fully saturated rings. The number of morpholine rings is 1. The molecule has 2 saturated heterocycles. The van der Waals surface area contributed by atoms with Gasteiger partial charge in [0, 0.05) is 12.2 Å². The Morgan fingerprint density at radius 2 is 2.09 bits per heavy atom. The number of carbonyl (C=O) groups excluding carboxylic acids is 2. The Balaban J connectivity index is 1.57. The lowest BCUT2D eigenvalue weighted by atomic mass is 9.99. The van der Waals surface area contributed by atoms with Crippen LogP contribution >= 0.6 is 0 Å². The third-order valence-electron chi connectivity index (χ3n) is 4.17. The average molecular weight is 306 g/mol. The lowest BCUT2D eigenvalue weighted by Crippen LogP contribution is -2.56. The van der Waals surface area contributed by atoms with Crippen LogP contribution in [0.5, 0.6) is 0 Å². The summed E-state index contributed by atoms with van der Waals surface area (Å²) in [7, 11) is 0. The first-order valence-corrected chi connectivity index (χ1v) is 7.61. The Kier molecular flexibility index (Phi) is 4.38. The molecule has 3 rings (SSSR count). The first-order chi connectivity index (χ1) is 10.6. The van der Waals surface area contributed by atoms with Crippen molar-refractivity contribution in [1.29, 1.82) is 0 Å². The summed E-state index contributed by atoms with van der Waals surface area (Å²) < 4.78 is 18.4. The van der Waals surface area contributed by atoms with Crippen molar-refractivity contribution in [2.24, 2.45) is 0 Å². The second kappa shape index (κ2) is 6.44. The molecule has 0 aromatic heterocycles. The lowest BCUT2D eigenvalue weighted by Gasteiger charge is -2.41. The van der Waals surface area contributed by atoms with E-state index in [-0.39, 0.29) is 30.1 Å². The van der Waals surface area contributed by atoms with Crippen LogP contribution in [-0.2, 0) is 14.3 Å². The fourth-order valence-electron chi connectivity index (χ4n) is 3.01. The van der Waals surface area contributed by atoms with Gasteiger partial charge in [0.05, 0.1) is 19.1 Å². The maximum atomic E-state index is 12.8. The number of hydrogen-bond donors (Lipinski definition) is 1. The number of halogens is 1. The molecule has 0 spiro atoms. The molecule has 2 heterocycles. The number of nitrogens with zero attached hydrogens (tertiary/aromatic N) is 1. The summed E-state index contributed by atoms with van der Waals surface area (Å²) in [6.07, 6.45) is 2.37. The number of carbonyl (C=O) groups is 2. The number of piperidine rings is 1. The molecular formula is C16H19FN2O3. The molecule has 2 aliphatic rings. The van der Waals surface area contributed by atoms with Crippen molar-refractivity contribution in [3.05, 3.63) is 30.1 Å². The van der Waals surface area contributed by atoms with Gasteiger partial charge in [0.2, 0.25) is 5.91 Å². The number of ether oxygens (including phenoxy) is 1. The maximum absolute atomic E-state index is 12.8. The van der Waals surface area contributed by atoms with Gasteiger partial charge in [-0.05, 0) is 43.5 Å². The molecule has 0 unspecified atom stereocenters. The van der Waals surface area contributed by atoms with Gasteiger partial charge in [-0.15, -0.1) is 0 Å². The van der Waals surface area contributed by atoms with Crippen molar-refractivity contribution in [2.75, 3.05) is 18.5 Å². The van der Waals surface area contributed by atoms with Gasteiger partial charge in [-0.3, -0.25) is 9.59 Å². The van der Waals surface area contributed by atoms with Gasteiger partial charge in [-0.1, -0.05) is 0 Å². The van der Waals surface area contributed by atoms with Crippen LogP contribution in [0.1, 0.15) is 25.7 Å². The van der Waals surface area contributed by atoms with E-state index in [0.717, 1.165) is 25.8 Å². The molecule has 0 aliphatic carbocycles. The van der Waals surface area contributed by atoms with Crippen LogP contribution in [0, 0.1) is 5.82 Å². The average Bonchev–Trinajstić information content (AvgIpc) is 2.53. The zero-order valence-electron chi connectivity index (χ0n) is 12.3. The van der Waals surface area contributed by atoms with Crippen molar-refractivity contribution in [3.8, 4) is 0 Å². The third kappa shape index (κ3) is 3.27. The van der Waals surface area contributed by atoms with Gasteiger partial charge in [-0.25, -0.2) is 4.39 Å². The fraction of sp³-hybridized carbons (Fsp3) is 0.500. The summed E-state index contributed by atoms with van der Waals surface area (Å²) in [4.78, 5) is 26.2. The summed E-state index contributed by atoms with van der Waals surface area (Å²) in [5, 5.41) is 2.65. The Morgan fingerprint density at radius 3 is 2.86 bits per heavy atom. The molecule has 0 radical (unpaired) electrons. The minimum absolute atomic E-state index is 0.0145. The number of hydrogen-bond acceptors (Lipinski definition) is 3. The van der Waals surface area contributed by atoms with Gasteiger partial charge < -0.3 is 15.0 Å². The molecule has 2 amide bonds. The molecule has 22 heavy (non-hydrogen) atoms. The monoisotopic (exact) mass is 306 g/mol. The fourth-order valence-corrected chi connectivity index (χ4v) is 3.01. The number of amides is 2. The minimum Gasteiger partial charge on any atom is -0.366 e.